The van der Waals surface area contributed by atoms with Gasteiger partial charge >= 0.3 is 0 Å². The van der Waals surface area contributed by atoms with E-state index < -0.39 is 0 Å². The molecular formula is C14H9N7O. The van der Waals surface area contributed by atoms with E-state index in [-0.39, 0.29) is 0 Å². The Hall–Kier alpha value is -3.42. The standard InChI is InChI=1S/C14H9N7O/c1-2-4-10(5-3-1)14-15-8-11(9-16-14)22-13-7-6-12-17-19-20-21(12)18-13/h1-9H. The molecule has 8 heteroatoms. The number of benzene rings is 1. The lowest BCUT2D eigenvalue weighted by atomic mass is 10.2. The van der Waals surface area contributed by atoms with Crippen molar-refractivity contribution in [3.05, 3.63) is 54.9 Å². The SMILES string of the molecule is c1ccc(-c2ncc(Oc3ccc4nnnn4n3)cn2)cc1. The quantitative estimate of drug-likeness (QED) is 0.568. The van der Waals surface area contributed by atoms with E-state index in [0.29, 0.717) is 23.1 Å². The number of ether oxygens (including phenoxy) is 1. The van der Waals surface area contributed by atoms with Gasteiger partial charge < -0.3 is 4.74 Å². The first-order valence-corrected chi connectivity index (χ1v) is 6.49. The summed E-state index contributed by atoms with van der Waals surface area (Å²) < 4.78 is 6.88. The summed E-state index contributed by atoms with van der Waals surface area (Å²) in [5.74, 6) is 1.48. The number of rotatable bonds is 3. The van der Waals surface area contributed by atoms with Crippen molar-refractivity contribution in [2.75, 3.05) is 0 Å². The van der Waals surface area contributed by atoms with Crippen LogP contribution in [-0.2, 0) is 0 Å². The highest BCUT2D eigenvalue weighted by Gasteiger charge is 2.05. The molecule has 0 saturated carbocycles. The average Bonchev–Trinajstić information content (AvgIpc) is 3.04. The molecule has 0 bridgehead atoms. The van der Waals surface area contributed by atoms with Gasteiger partial charge in [0.1, 0.15) is 0 Å². The summed E-state index contributed by atoms with van der Waals surface area (Å²) in [5.41, 5.74) is 1.49. The summed E-state index contributed by atoms with van der Waals surface area (Å²) in [4.78, 5) is 8.57. The first kappa shape index (κ1) is 12.3. The van der Waals surface area contributed by atoms with Crippen LogP contribution in [-0.4, -0.2) is 35.2 Å². The molecule has 0 N–H and O–H groups in total. The van der Waals surface area contributed by atoms with Gasteiger partial charge in [-0.3, -0.25) is 0 Å². The maximum atomic E-state index is 5.59. The zero-order valence-corrected chi connectivity index (χ0v) is 11.2. The summed E-state index contributed by atoms with van der Waals surface area (Å²) in [5, 5.41) is 15.1. The van der Waals surface area contributed by atoms with Crippen LogP contribution in [0.1, 0.15) is 0 Å². The zero-order valence-electron chi connectivity index (χ0n) is 11.2. The molecule has 0 fully saturated rings. The molecule has 8 nitrogen and oxygen atoms in total. The van der Waals surface area contributed by atoms with E-state index in [0.717, 1.165) is 5.56 Å². The molecule has 4 rings (SSSR count). The van der Waals surface area contributed by atoms with Gasteiger partial charge in [0.25, 0.3) is 0 Å². The molecule has 3 heterocycles. The lowest BCUT2D eigenvalue weighted by molar-refractivity contribution is 0.443. The van der Waals surface area contributed by atoms with Gasteiger partial charge in [-0.05, 0) is 16.5 Å². The fourth-order valence-corrected chi connectivity index (χ4v) is 1.91. The fourth-order valence-electron chi connectivity index (χ4n) is 1.91. The fraction of sp³-hybridized carbons (Fsp3) is 0. The molecule has 1 aromatic carbocycles. The van der Waals surface area contributed by atoms with E-state index in [1.54, 1.807) is 24.5 Å². The van der Waals surface area contributed by atoms with Gasteiger partial charge in [0.05, 0.1) is 12.4 Å². The van der Waals surface area contributed by atoms with Crippen LogP contribution in [0, 0.1) is 0 Å². The molecule has 0 aliphatic rings. The van der Waals surface area contributed by atoms with E-state index in [4.69, 9.17) is 4.74 Å². The molecule has 0 aliphatic heterocycles. The summed E-state index contributed by atoms with van der Waals surface area (Å²) >= 11 is 0. The molecule has 22 heavy (non-hydrogen) atoms. The second kappa shape index (κ2) is 5.17. The smallest absolute Gasteiger partial charge is 0.239 e. The van der Waals surface area contributed by atoms with Crippen molar-refractivity contribution in [1.82, 2.24) is 35.2 Å². The van der Waals surface area contributed by atoms with E-state index in [9.17, 15) is 0 Å². The van der Waals surface area contributed by atoms with Crippen LogP contribution < -0.4 is 4.74 Å². The highest BCUT2D eigenvalue weighted by Crippen LogP contribution is 2.20. The Balaban J connectivity index is 1.58. The van der Waals surface area contributed by atoms with Gasteiger partial charge in [0.2, 0.25) is 5.88 Å². The van der Waals surface area contributed by atoms with E-state index in [2.05, 4.69) is 30.6 Å². The topological polar surface area (TPSA) is 91.0 Å². The Morgan fingerprint density at radius 2 is 1.73 bits per heavy atom. The number of hydrogen-bond donors (Lipinski definition) is 0. The number of hydrogen-bond acceptors (Lipinski definition) is 7. The third-order valence-electron chi connectivity index (χ3n) is 2.93. The van der Waals surface area contributed by atoms with Crippen LogP contribution in [0.15, 0.2) is 54.9 Å². The van der Waals surface area contributed by atoms with Crippen molar-refractivity contribution in [1.29, 1.82) is 0 Å². The molecule has 106 valence electrons. The average molecular weight is 291 g/mol. The molecule has 3 aromatic heterocycles. The van der Waals surface area contributed by atoms with Crippen LogP contribution in [0.4, 0.5) is 0 Å². The Kier molecular flexibility index (Phi) is 2.90. The number of tetrazole rings is 1. The monoisotopic (exact) mass is 291 g/mol. The molecule has 4 aromatic rings. The Labute approximate surface area is 124 Å². The largest absolute Gasteiger partial charge is 0.434 e. The predicted octanol–water partition coefficient (Wildman–Crippen LogP) is 1.77. The molecule has 0 aliphatic carbocycles. The van der Waals surface area contributed by atoms with E-state index >= 15 is 0 Å². The van der Waals surface area contributed by atoms with E-state index in [1.807, 2.05) is 30.3 Å². The van der Waals surface area contributed by atoms with E-state index in [1.165, 1.54) is 4.63 Å². The highest BCUT2D eigenvalue weighted by atomic mass is 16.5. The third kappa shape index (κ3) is 2.33. The summed E-state index contributed by atoms with van der Waals surface area (Å²) in [6.45, 7) is 0. The van der Waals surface area contributed by atoms with Gasteiger partial charge in [-0.25, -0.2) is 9.97 Å². The normalized spacial score (nSPS) is 10.7. The highest BCUT2D eigenvalue weighted by molar-refractivity contribution is 5.54. The molecule has 0 spiro atoms. The summed E-state index contributed by atoms with van der Waals surface area (Å²) in [7, 11) is 0. The Morgan fingerprint density at radius 1 is 0.909 bits per heavy atom. The van der Waals surface area contributed by atoms with Crippen molar-refractivity contribution in [3.63, 3.8) is 0 Å². The molecule has 0 saturated heterocycles. The summed E-state index contributed by atoms with van der Waals surface area (Å²) in [6, 6.07) is 13.1. The number of fused-ring (bicyclic) bond motifs is 1. The first-order chi connectivity index (χ1) is 10.9. The van der Waals surface area contributed by atoms with Gasteiger partial charge in [0.15, 0.2) is 17.2 Å². The van der Waals surface area contributed by atoms with Crippen molar-refractivity contribution < 1.29 is 4.74 Å². The number of nitrogens with zero attached hydrogens (tertiary/aromatic N) is 7. The third-order valence-corrected chi connectivity index (χ3v) is 2.93. The predicted molar refractivity (Wildman–Crippen MR) is 76.1 cm³/mol. The maximum absolute atomic E-state index is 5.59. The van der Waals surface area contributed by atoms with Crippen molar-refractivity contribution in [3.8, 4) is 23.0 Å². The van der Waals surface area contributed by atoms with Crippen LogP contribution >= 0.6 is 0 Å². The molecule has 0 radical (unpaired) electrons. The Bertz CT molecular complexity index is 905. The minimum Gasteiger partial charge on any atom is -0.434 e. The summed E-state index contributed by atoms with van der Waals surface area (Å²) in [6.07, 6.45) is 3.20. The zero-order chi connectivity index (χ0) is 14.8. The van der Waals surface area contributed by atoms with Crippen LogP contribution in [0.3, 0.4) is 0 Å². The van der Waals surface area contributed by atoms with Crippen LogP contribution in [0.2, 0.25) is 0 Å². The lowest BCUT2D eigenvalue weighted by Gasteiger charge is -2.04. The minimum atomic E-state index is 0.357. The number of aromatic nitrogens is 7. The van der Waals surface area contributed by atoms with Gasteiger partial charge in [0, 0.05) is 11.6 Å². The van der Waals surface area contributed by atoms with Crippen molar-refractivity contribution in [2.24, 2.45) is 0 Å². The first-order valence-electron chi connectivity index (χ1n) is 6.49. The minimum absolute atomic E-state index is 0.357. The maximum Gasteiger partial charge on any atom is 0.239 e. The Morgan fingerprint density at radius 3 is 2.55 bits per heavy atom. The van der Waals surface area contributed by atoms with Gasteiger partial charge in [-0.15, -0.1) is 14.8 Å². The molecule has 0 amide bonds. The molecule has 0 unspecified atom stereocenters. The van der Waals surface area contributed by atoms with Gasteiger partial charge in [-0.1, -0.05) is 30.3 Å². The van der Waals surface area contributed by atoms with Gasteiger partial charge in [-0.2, -0.15) is 0 Å². The van der Waals surface area contributed by atoms with Crippen LogP contribution in [0.5, 0.6) is 11.6 Å². The van der Waals surface area contributed by atoms with Crippen molar-refractivity contribution >= 4 is 5.65 Å². The molecule has 0 atom stereocenters. The lowest BCUT2D eigenvalue weighted by Crippen LogP contribution is -1.98. The van der Waals surface area contributed by atoms with Crippen LogP contribution in [0.25, 0.3) is 17.0 Å². The second-order valence-electron chi connectivity index (χ2n) is 4.41. The second-order valence-corrected chi connectivity index (χ2v) is 4.41. The molecular weight excluding hydrogens is 282 g/mol. The van der Waals surface area contributed by atoms with Crippen molar-refractivity contribution in [2.45, 2.75) is 0 Å².